The molecule has 0 heterocycles. The molecule has 12 heavy (non-hydrogen) atoms. The third-order valence-electron chi connectivity index (χ3n) is 1.11. The van der Waals surface area contributed by atoms with Gasteiger partial charge in [-0.15, -0.1) is 0 Å². The van der Waals surface area contributed by atoms with Crippen molar-refractivity contribution in [3.63, 3.8) is 0 Å². The molecule has 4 nitrogen and oxygen atoms in total. The molecule has 0 saturated carbocycles. The average molecular weight is 182 g/mol. The van der Waals surface area contributed by atoms with Gasteiger partial charge in [0.05, 0.1) is 6.42 Å². The lowest BCUT2D eigenvalue weighted by molar-refractivity contribution is -0.148. The van der Waals surface area contributed by atoms with E-state index in [9.17, 15) is 18.4 Å². The van der Waals surface area contributed by atoms with Crippen LogP contribution in [0.3, 0.4) is 0 Å². The molecular formula is C6H8F2O4. The summed E-state index contributed by atoms with van der Waals surface area (Å²) in [5, 5.41) is 16.0. The standard InChI is InChI=1S/C6H8F2O4/c7-6(8,3-5(11)12)2-1-4(9)10/h1-3H2,(H,9,10)(H,11,12). The first-order valence-corrected chi connectivity index (χ1v) is 3.15. The molecule has 0 aromatic carbocycles. The van der Waals surface area contributed by atoms with E-state index in [0.717, 1.165) is 0 Å². The number of rotatable bonds is 5. The molecule has 0 aliphatic rings. The molecule has 0 unspecified atom stereocenters. The summed E-state index contributed by atoms with van der Waals surface area (Å²) in [7, 11) is 0. The van der Waals surface area contributed by atoms with Crippen molar-refractivity contribution in [2.45, 2.75) is 25.2 Å². The lowest BCUT2D eigenvalue weighted by atomic mass is 10.1. The smallest absolute Gasteiger partial charge is 0.309 e. The van der Waals surface area contributed by atoms with Gasteiger partial charge in [-0.2, -0.15) is 0 Å². The predicted octanol–water partition coefficient (Wildman–Crippen LogP) is 0.961. The second-order valence-electron chi connectivity index (χ2n) is 2.32. The van der Waals surface area contributed by atoms with Crippen LogP contribution in [-0.4, -0.2) is 28.1 Å². The number of carboxylic acids is 2. The lowest BCUT2D eigenvalue weighted by Gasteiger charge is -2.11. The largest absolute Gasteiger partial charge is 0.481 e. The van der Waals surface area contributed by atoms with Gasteiger partial charge in [0.1, 0.15) is 6.42 Å². The Bertz CT molecular complexity index is 190. The zero-order valence-corrected chi connectivity index (χ0v) is 6.09. The summed E-state index contributed by atoms with van der Waals surface area (Å²) in [4.78, 5) is 19.7. The van der Waals surface area contributed by atoms with Gasteiger partial charge in [0.15, 0.2) is 0 Å². The van der Waals surface area contributed by atoms with Crippen LogP contribution in [0.4, 0.5) is 8.78 Å². The molecule has 0 bridgehead atoms. The van der Waals surface area contributed by atoms with E-state index in [2.05, 4.69) is 0 Å². The highest BCUT2D eigenvalue weighted by Gasteiger charge is 2.32. The molecule has 0 aliphatic carbocycles. The minimum Gasteiger partial charge on any atom is -0.481 e. The molecule has 0 saturated heterocycles. The van der Waals surface area contributed by atoms with E-state index in [1.165, 1.54) is 0 Å². The molecule has 0 aromatic rings. The van der Waals surface area contributed by atoms with E-state index in [1.807, 2.05) is 0 Å². The van der Waals surface area contributed by atoms with Crippen molar-refractivity contribution in [3.05, 3.63) is 0 Å². The zero-order chi connectivity index (χ0) is 9.78. The number of carbonyl (C=O) groups is 2. The Morgan fingerprint density at radius 3 is 2.00 bits per heavy atom. The summed E-state index contributed by atoms with van der Waals surface area (Å²) in [6, 6.07) is 0. The topological polar surface area (TPSA) is 74.6 Å². The summed E-state index contributed by atoms with van der Waals surface area (Å²) < 4.78 is 24.8. The maximum absolute atomic E-state index is 12.4. The highest BCUT2D eigenvalue weighted by Crippen LogP contribution is 2.24. The molecule has 0 rings (SSSR count). The third kappa shape index (κ3) is 5.57. The number of alkyl halides is 2. The molecule has 70 valence electrons. The Balaban J connectivity index is 3.86. The number of aliphatic carboxylic acids is 2. The van der Waals surface area contributed by atoms with Crippen molar-refractivity contribution < 1.29 is 28.6 Å². The summed E-state index contributed by atoms with van der Waals surface area (Å²) in [6.45, 7) is 0. The highest BCUT2D eigenvalue weighted by molar-refractivity contribution is 5.69. The van der Waals surface area contributed by atoms with E-state index < -0.39 is 37.1 Å². The normalized spacial score (nSPS) is 11.2. The Labute approximate surface area is 66.8 Å². The molecule has 0 amide bonds. The first-order chi connectivity index (χ1) is 5.33. The van der Waals surface area contributed by atoms with E-state index >= 15 is 0 Å². The van der Waals surface area contributed by atoms with Crippen molar-refractivity contribution in [1.82, 2.24) is 0 Å². The van der Waals surface area contributed by atoms with Crippen LogP contribution in [0.2, 0.25) is 0 Å². The van der Waals surface area contributed by atoms with Crippen molar-refractivity contribution in [1.29, 1.82) is 0 Å². The van der Waals surface area contributed by atoms with Gasteiger partial charge in [-0.25, -0.2) is 8.78 Å². The molecule has 0 fully saturated rings. The molecule has 2 N–H and O–H groups in total. The minimum absolute atomic E-state index is 0.722. The molecular weight excluding hydrogens is 174 g/mol. The van der Waals surface area contributed by atoms with Crippen LogP contribution < -0.4 is 0 Å². The maximum atomic E-state index is 12.4. The van der Waals surface area contributed by atoms with Gasteiger partial charge < -0.3 is 10.2 Å². The van der Waals surface area contributed by atoms with E-state index in [1.54, 1.807) is 0 Å². The van der Waals surface area contributed by atoms with Gasteiger partial charge in [-0.1, -0.05) is 0 Å². The van der Waals surface area contributed by atoms with Gasteiger partial charge in [0, 0.05) is 6.42 Å². The van der Waals surface area contributed by atoms with Crippen LogP contribution in [0.25, 0.3) is 0 Å². The number of hydrogen-bond acceptors (Lipinski definition) is 2. The van der Waals surface area contributed by atoms with Crippen LogP contribution in [0.1, 0.15) is 19.3 Å². The number of carboxylic acid groups (broad SMARTS) is 2. The molecule has 6 heteroatoms. The maximum Gasteiger partial charge on any atom is 0.309 e. The van der Waals surface area contributed by atoms with Gasteiger partial charge in [-0.3, -0.25) is 9.59 Å². The molecule has 0 atom stereocenters. The van der Waals surface area contributed by atoms with Crippen LogP contribution in [0, 0.1) is 0 Å². The fourth-order valence-corrected chi connectivity index (χ4v) is 0.599. The Hall–Kier alpha value is -1.20. The molecule has 0 aliphatic heterocycles. The quantitative estimate of drug-likeness (QED) is 0.664. The molecule has 0 aromatic heterocycles. The van der Waals surface area contributed by atoms with Crippen molar-refractivity contribution >= 4 is 11.9 Å². The fraction of sp³-hybridized carbons (Fsp3) is 0.667. The van der Waals surface area contributed by atoms with Gasteiger partial charge in [-0.05, 0) is 0 Å². The number of hydrogen-bond donors (Lipinski definition) is 2. The monoisotopic (exact) mass is 182 g/mol. The highest BCUT2D eigenvalue weighted by atomic mass is 19.3. The van der Waals surface area contributed by atoms with Crippen molar-refractivity contribution in [2.75, 3.05) is 0 Å². The van der Waals surface area contributed by atoms with E-state index in [4.69, 9.17) is 10.2 Å². The van der Waals surface area contributed by atoms with E-state index in [-0.39, 0.29) is 0 Å². The van der Waals surface area contributed by atoms with Gasteiger partial charge in [0.25, 0.3) is 5.92 Å². The van der Waals surface area contributed by atoms with Crippen molar-refractivity contribution in [3.8, 4) is 0 Å². The van der Waals surface area contributed by atoms with Crippen LogP contribution in [0.5, 0.6) is 0 Å². The minimum atomic E-state index is -3.43. The Morgan fingerprint density at radius 2 is 1.67 bits per heavy atom. The van der Waals surface area contributed by atoms with Crippen LogP contribution in [-0.2, 0) is 9.59 Å². The lowest BCUT2D eigenvalue weighted by Crippen LogP contribution is -2.21. The summed E-state index contributed by atoms with van der Waals surface area (Å²) in [5.74, 6) is -6.42. The summed E-state index contributed by atoms with van der Waals surface area (Å²) in [6.07, 6.45) is -2.98. The van der Waals surface area contributed by atoms with Crippen LogP contribution >= 0.6 is 0 Å². The fourth-order valence-electron chi connectivity index (χ4n) is 0.599. The molecule has 0 spiro atoms. The van der Waals surface area contributed by atoms with Gasteiger partial charge >= 0.3 is 11.9 Å². The molecule has 0 radical (unpaired) electrons. The second kappa shape index (κ2) is 3.99. The predicted molar refractivity (Wildman–Crippen MR) is 34.1 cm³/mol. The average Bonchev–Trinajstić information content (AvgIpc) is 1.81. The van der Waals surface area contributed by atoms with Crippen LogP contribution in [0.15, 0.2) is 0 Å². The second-order valence-corrected chi connectivity index (χ2v) is 2.32. The first kappa shape index (κ1) is 10.8. The summed E-state index contributed by atoms with van der Waals surface area (Å²) >= 11 is 0. The van der Waals surface area contributed by atoms with Gasteiger partial charge in [0.2, 0.25) is 0 Å². The Morgan fingerprint density at radius 1 is 1.17 bits per heavy atom. The Kier molecular flexibility index (Phi) is 3.59. The number of halogens is 2. The SMILES string of the molecule is O=C(O)CCC(F)(F)CC(=O)O. The first-order valence-electron chi connectivity index (χ1n) is 3.15. The zero-order valence-electron chi connectivity index (χ0n) is 6.09. The van der Waals surface area contributed by atoms with E-state index in [0.29, 0.717) is 0 Å². The summed E-state index contributed by atoms with van der Waals surface area (Å²) in [5.41, 5.74) is 0. The third-order valence-corrected chi connectivity index (χ3v) is 1.11. The van der Waals surface area contributed by atoms with Crippen molar-refractivity contribution in [2.24, 2.45) is 0 Å².